The number of pyridine rings is 1. The zero-order valence-electron chi connectivity index (χ0n) is 17.4. The highest BCUT2D eigenvalue weighted by molar-refractivity contribution is 7.17. The van der Waals surface area contributed by atoms with Gasteiger partial charge in [-0.1, -0.05) is 11.6 Å². The van der Waals surface area contributed by atoms with E-state index >= 15 is 0 Å². The Bertz CT molecular complexity index is 961. The second-order valence-electron chi connectivity index (χ2n) is 6.79. The van der Waals surface area contributed by atoms with E-state index in [0.29, 0.717) is 35.2 Å². The normalized spacial score (nSPS) is 12.8. The molecule has 0 saturated carbocycles. The minimum absolute atomic E-state index is 0.0170. The molecule has 0 bridgehead atoms. The van der Waals surface area contributed by atoms with E-state index in [1.165, 1.54) is 11.3 Å². The van der Waals surface area contributed by atoms with Crippen molar-refractivity contribution in [3.05, 3.63) is 39.5 Å². The molecule has 0 saturated heterocycles. The van der Waals surface area contributed by atoms with Crippen LogP contribution in [0, 0.1) is 0 Å². The molecule has 1 amide bonds. The number of nitrogens with one attached hydrogen (secondary N) is 1. The van der Waals surface area contributed by atoms with Crippen molar-refractivity contribution in [2.45, 2.75) is 39.7 Å². The quantitative estimate of drug-likeness (QED) is 0.467. The molecule has 0 aliphatic carbocycles. The molecule has 1 aliphatic heterocycles. The fraction of sp³-hybridized carbons (Fsp3) is 0.429. The summed E-state index contributed by atoms with van der Waals surface area (Å²) in [6, 6.07) is 3.64. The zero-order chi connectivity index (χ0) is 22.4. The minimum Gasteiger partial charge on any atom is -0.466 e. The van der Waals surface area contributed by atoms with Crippen LogP contribution < -0.4 is 10.2 Å². The minimum atomic E-state index is -0.456. The van der Waals surface area contributed by atoms with Crippen molar-refractivity contribution in [1.82, 2.24) is 4.98 Å². The van der Waals surface area contributed by atoms with Gasteiger partial charge in [-0.3, -0.25) is 9.59 Å². The molecule has 31 heavy (non-hydrogen) atoms. The number of carbonyl (C=O) groups is 3. The van der Waals surface area contributed by atoms with Gasteiger partial charge in [0.05, 0.1) is 43.6 Å². The summed E-state index contributed by atoms with van der Waals surface area (Å²) in [4.78, 5) is 43.8. The van der Waals surface area contributed by atoms with E-state index in [1.807, 2.05) is 6.07 Å². The molecule has 10 heteroatoms. The molecule has 3 rings (SSSR count). The van der Waals surface area contributed by atoms with E-state index in [9.17, 15) is 14.4 Å². The molecular weight excluding hydrogens is 442 g/mol. The van der Waals surface area contributed by atoms with Gasteiger partial charge in [0.15, 0.2) is 0 Å². The number of fused-ring (bicyclic) bond motifs is 1. The molecular formula is C21H24ClN3O5S. The first-order chi connectivity index (χ1) is 14.9. The Hall–Kier alpha value is -2.65. The molecule has 8 nitrogen and oxygen atoms in total. The van der Waals surface area contributed by atoms with Crippen molar-refractivity contribution >= 4 is 51.5 Å². The van der Waals surface area contributed by atoms with E-state index in [-0.39, 0.29) is 32.0 Å². The molecule has 1 aliphatic rings. The summed E-state index contributed by atoms with van der Waals surface area (Å²) in [5.41, 5.74) is 2.23. The number of carbonyl (C=O) groups excluding carboxylic acids is 3. The molecule has 1 N–H and O–H groups in total. The van der Waals surface area contributed by atoms with E-state index in [1.54, 1.807) is 26.1 Å². The number of nitrogens with zero attached hydrogens (tertiary/aromatic N) is 2. The average Bonchev–Trinajstić information content (AvgIpc) is 3.10. The first-order valence-corrected chi connectivity index (χ1v) is 11.3. The van der Waals surface area contributed by atoms with Crippen LogP contribution >= 0.6 is 22.9 Å². The van der Waals surface area contributed by atoms with Crippen molar-refractivity contribution < 1.29 is 23.9 Å². The van der Waals surface area contributed by atoms with Gasteiger partial charge in [0.2, 0.25) is 5.91 Å². The highest BCUT2D eigenvalue weighted by Crippen LogP contribution is 2.38. The third-order valence-electron chi connectivity index (χ3n) is 4.73. The van der Waals surface area contributed by atoms with Gasteiger partial charge in [0.1, 0.15) is 10.2 Å². The molecule has 0 unspecified atom stereocenters. The number of hydrogen-bond donors (Lipinski definition) is 1. The largest absolute Gasteiger partial charge is 0.466 e. The maximum atomic E-state index is 12.6. The number of ether oxygens (including phenoxy) is 2. The van der Waals surface area contributed by atoms with Crippen molar-refractivity contribution in [3.63, 3.8) is 0 Å². The van der Waals surface area contributed by atoms with Crippen LogP contribution in [0.2, 0.25) is 5.15 Å². The number of amides is 1. The fourth-order valence-electron chi connectivity index (χ4n) is 3.32. The van der Waals surface area contributed by atoms with Gasteiger partial charge in [-0.15, -0.1) is 11.3 Å². The molecule has 0 radical (unpaired) electrons. The van der Waals surface area contributed by atoms with Crippen molar-refractivity contribution in [3.8, 4) is 0 Å². The van der Waals surface area contributed by atoms with E-state index in [2.05, 4.69) is 15.2 Å². The first-order valence-electron chi connectivity index (χ1n) is 10.1. The Morgan fingerprint density at radius 2 is 1.97 bits per heavy atom. The molecule has 2 aromatic heterocycles. The number of anilines is 2. The van der Waals surface area contributed by atoms with Crippen LogP contribution in [0.1, 0.15) is 47.5 Å². The predicted molar refractivity (Wildman–Crippen MR) is 119 cm³/mol. The van der Waals surface area contributed by atoms with Crippen molar-refractivity contribution in [1.29, 1.82) is 0 Å². The summed E-state index contributed by atoms with van der Waals surface area (Å²) in [5.74, 6) is -1.24. The number of esters is 2. The molecule has 166 valence electrons. The van der Waals surface area contributed by atoms with Gasteiger partial charge >= 0.3 is 11.9 Å². The lowest BCUT2D eigenvalue weighted by molar-refractivity contribution is -0.144. The monoisotopic (exact) mass is 465 g/mol. The van der Waals surface area contributed by atoms with Crippen LogP contribution in [0.3, 0.4) is 0 Å². The number of halogens is 1. The average molecular weight is 466 g/mol. The summed E-state index contributed by atoms with van der Waals surface area (Å²) in [6.07, 6.45) is 2.30. The van der Waals surface area contributed by atoms with Gasteiger partial charge in [-0.2, -0.15) is 0 Å². The molecule has 0 spiro atoms. The van der Waals surface area contributed by atoms with Gasteiger partial charge in [-0.25, -0.2) is 9.78 Å². The topological polar surface area (TPSA) is 97.8 Å². The highest BCUT2D eigenvalue weighted by Gasteiger charge is 2.29. The summed E-state index contributed by atoms with van der Waals surface area (Å²) < 4.78 is 10.1. The summed E-state index contributed by atoms with van der Waals surface area (Å²) in [7, 11) is 0. The van der Waals surface area contributed by atoms with Gasteiger partial charge in [-0.05, 0) is 38.0 Å². The highest BCUT2D eigenvalue weighted by atomic mass is 35.5. The Morgan fingerprint density at radius 1 is 1.19 bits per heavy atom. The SMILES string of the molecule is CCOC(=O)CCC(=O)Nc1sc2c(c1C(=O)OCC)CCN(c1ccc(Cl)nc1)C2. The van der Waals surface area contributed by atoms with E-state index in [0.717, 1.165) is 16.1 Å². The number of hydrogen-bond acceptors (Lipinski definition) is 8. The summed E-state index contributed by atoms with van der Waals surface area (Å²) in [6.45, 7) is 5.23. The Morgan fingerprint density at radius 3 is 2.65 bits per heavy atom. The standard InChI is InChI=1S/C21H24ClN3O5S/c1-3-29-18(27)8-7-17(26)24-20-19(21(28)30-4-2)14-9-10-25(12-15(14)31-20)13-5-6-16(22)23-11-13/h5-6,11H,3-4,7-10,12H2,1-2H3,(H,24,26). The fourth-order valence-corrected chi connectivity index (χ4v) is 4.70. The smallest absolute Gasteiger partial charge is 0.341 e. The van der Waals surface area contributed by atoms with Crippen LogP contribution in [0.5, 0.6) is 0 Å². The molecule has 0 aromatic carbocycles. The molecule has 3 heterocycles. The number of rotatable bonds is 8. The number of aromatic nitrogens is 1. The van der Waals surface area contributed by atoms with Crippen LogP contribution in [0.15, 0.2) is 18.3 Å². The zero-order valence-corrected chi connectivity index (χ0v) is 19.0. The molecule has 0 atom stereocenters. The van der Waals surface area contributed by atoms with Crippen LogP contribution in [0.4, 0.5) is 10.7 Å². The van der Waals surface area contributed by atoms with Crippen LogP contribution in [0.25, 0.3) is 0 Å². The third kappa shape index (κ3) is 5.74. The molecule has 2 aromatic rings. The maximum Gasteiger partial charge on any atom is 0.341 e. The summed E-state index contributed by atoms with van der Waals surface area (Å²) in [5, 5.41) is 3.67. The lowest BCUT2D eigenvalue weighted by atomic mass is 10.0. The predicted octanol–water partition coefficient (Wildman–Crippen LogP) is 3.82. The summed E-state index contributed by atoms with van der Waals surface area (Å²) >= 11 is 7.24. The van der Waals surface area contributed by atoms with Gasteiger partial charge in [0, 0.05) is 17.8 Å². The van der Waals surface area contributed by atoms with E-state index in [4.69, 9.17) is 21.1 Å². The third-order valence-corrected chi connectivity index (χ3v) is 6.08. The van der Waals surface area contributed by atoms with Gasteiger partial charge in [0.25, 0.3) is 0 Å². The molecule has 0 fully saturated rings. The Labute approximate surface area is 189 Å². The maximum absolute atomic E-state index is 12.6. The van der Waals surface area contributed by atoms with Crippen LogP contribution in [-0.4, -0.2) is 42.6 Å². The number of thiophene rings is 1. The van der Waals surface area contributed by atoms with Crippen molar-refractivity contribution in [2.75, 3.05) is 30.0 Å². The van der Waals surface area contributed by atoms with Crippen molar-refractivity contribution in [2.24, 2.45) is 0 Å². The van der Waals surface area contributed by atoms with Gasteiger partial charge < -0.3 is 19.7 Å². The lowest BCUT2D eigenvalue weighted by Gasteiger charge is -2.28. The second-order valence-corrected chi connectivity index (χ2v) is 8.28. The second kappa shape index (κ2) is 10.6. The lowest BCUT2D eigenvalue weighted by Crippen LogP contribution is -2.30. The Balaban J connectivity index is 1.80. The Kier molecular flexibility index (Phi) is 7.86. The first kappa shape index (κ1) is 23.0. The van der Waals surface area contributed by atoms with E-state index < -0.39 is 11.9 Å². The van der Waals surface area contributed by atoms with Crippen LogP contribution in [-0.2, 0) is 32.0 Å².